The fraction of sp³-hybridized carbons (Fsp3) is 0.444. The van der Waals surface area contributed by atoms with Gasteiger partial charge in [-0.1, -0.05) is 37.3 Å². The highest BCUT2D eigenvalue weighted by atomic mass is 16.1. The molecule has 0 saturated heterocycles. The number of hydrogen-bond donors (Lipinski definition) is 0. The average Bonchev–Trinajstić information content (AvgIpc) is 3.22. The van der Waals surface area contributed by atoms with Crippen molar-refractivity contribution in [3.8, 4) is 0 Å². The predicted octanol–water partition coefficient (Wildman–Crippen LogP) is 3.70. The summed E-state index contributed by atoms with van der Waals surface area (Å²) in [5, 5.41) is 4.55. The maximum absolute atomic E-state index is 12.7. The first kappa shape index (κ1) is 14.1. The van der Waals surface area contributed by atoms with Crippen LogP contribution >= 0.6 is 0 Å². The Morgan fingerprint density at radius 1 is 1.29 bits per heavy atom. The minimum Gasteiger partial charge on any atom is -0.298 e. The molecule has 2 aromatic rings. The van der Waals surface area contributed by atoms with Crippen LogP contribution in [0.15, 0.2) is 42.6 Å². The minimum absolute atomic E-state index is 0.235. The number of benzene rings is 1. The van der Waals surface area contributed by atoms with E-state index >= 15 is 0 Å². The zero-order valence-electron chi connectivity index (χ0n) is 12.7. The second-order valence-corrected chi connectivity index (χ2v) is 6.09. The first-order valence-corrected chi connectivity index (χ1v) is 7.78. The summed E-state index contributed by atoms with van der Waals surface area (Å²) >= 11 is 0. The molecule has 0 spiro atoms. The van der Waals surface area contributed by atoms with Crippen molar-refractivity contribution < 1.29 is 4.79 Å². The van der Waals surface area contributed by atoms with E-state index in [9.17, 15) is 4.79 Å². The molecule has 0 amide bonds. The van der Waals surface area contributed by atoms with Crippen LogP contribution in [0.1, 0.15) is 50.4 Å². The van der Waals surface area contributed by atoms with Crippen LogP contribution in [0.5, 0.6) is 0 Å². The second kappa shape index (κ2) is 5.47. The van der Waals surface area contributed by atoms with Gasteiger partial charge in [-0.2, -0.15) is 5.10 Å². The smallest absolute Gasteiger partial charge is 0.149 e. The molecule has 1 unspecified atom stereocenters. The molecule has 0 bridgehead atoms. The Labute approximate surface area is 126 Å². The van der Waals surface area contributed by atoms with Gasteiger partial charge in [-0.3, -0.25) is 9.48 Å². The van der Waals surface area contributed by atoms with E-state index in [1.54, 1.807) is 0 Å². The average molecular weight is 282 g/mol. The van der Waals surface area contributed by atoms with Gasteiger partial charge in [0.05, 0.1) is 17.5 Å². The minimum atomic E-state index is -0.235. The fourth-order valence-corrected chi connectivity index (χ4v) is 2.85. The van der Waals surface area contributed by atoms with Crippen molar-refractivity contribution in [3.63, 3.8) is 0 Å². The van der Waals surface area contributed by atoms with E-state index in [0.29, 0.717) is 18.2 Å². The van der Waals surface area contributed by atoms with Gasteiger partial charge in [0, 0.05) is 12.2 Å². The highest BCUT2D eigenvalue weighted by molar-refractivity contribution is 5.94. The number of hydrogen-bond acceptors (Lipinski definition) is 2. The number of rotatable bonds is 6. The molecule has 1 aromatic carbocycles. The van der Waals surface area contributed by atoms with Crippen LogP contribution in [0, 0.1) is 0 Å². The number of carbonyl (C=O) groups excluding carboxylic acids is 1. The van der Waals surface area contributed by atoms with E-state index in [1.807, 2.05) is 35.1 Å². The molecule has 1 heterocycles. The molecular formula is C18H22N2O. The SMILES string of the molecule is CCC(C)n1ccc(CC(=O)C2(c3ccccc3)CC2)n1. The van der Waals surface area contributed by atoms with Crippen molar-refractivity contribution in [2.45, 2.75) is 51.0 Å². The van der Waals surface area contributed by atoms with Crippen LogP contribution in [0.2, 0.25) is 0 Å². The molecule has 1 aliphatic carbocycles. The summed E-state index contributed by atoms with van der Waals surface area (Å²) in [5.74, 6) is 0.308. The Bertz CT molecular complexity index is 626. The normalized spacial score (nSPS) is 17.4. The Kier molecular flexibility index (Phi) is 3.66. The molecule has 0 N–H and O–H groups in total. The molecular weight excluding hydrogens is 260 g/mol. The lowest BCUT2D eigenvalue weighted by Crippen LogP contribution is -2.22. The maximum Gasteiger partial charge on any atom is 0.149 e. The third-order valence-corrected chi connectivity index (χ3v) is 4.66. The van der Waals surface area contributed by atoms with E-state index < -0.39 is 0 Å². The number of aromatic nitrogens is 2. The van der Waals surface area contributed by atoms with E-state index in [2.05, 4.69) is 31.1 Å². The molecule has 3 rings (SSSR count). The molecule has 21 heavy (non-hydrogen) atoms. The summed E-state index contributed by atoms with van der Waals surface area (Å²) in [7, 11) is 0. The molecule has 3 nitrogen and oxygen atoms in total. The van der Waals surface area contributed by atoms with E-state index in [0.717, 1.165) is 30.5 Å². The first-order chi connectivity index (χ1) is 10.2. The van der Waals surface area contributed by atoms with Gasteiger partial charge >= 0.3 is 0 Å². The van der Waals surface area contributed by atoms with Crippen molar-refractivity contribution in [2.24, 2.45) is 0 Å². The largest absolute Gasteiger partial charge is 0.298 e. The topological polar surface area (TPSA) is 34.9 Å². The lowest BCUT2D eigenvalue weighted by Gasteiger charge is -2.13. The third kappa shape index (κ3) is 2.65. The van der Waals surface area contributed by atoms with Crippen molar-refractivity contribution in [1.29, 1.82) is 0 Å². The summed E-state index contributed by atoms with van der Waals surface area (Å²) in [6, 6.07) is 12.5. The predicted molar refractivity (Wildman–Crippen MR) is 83.3 cm³/mol. The van der Waals surface area contributed by atoms with Gasteiger partial charge in [0.2, 0.25) is 0 Å². The molecule has 1 aliphatic rings. The zero-order chi connectivity index (χ0) is 14.9. The van der Waals surface area contributed by atoms with Crippen molar-refractivity contribution in [3.05, 3.63) is 53.9 Å². The Morgan fingerprint density at radius 3 is 2.62 bits per heavy atom. The lowest BCUT2D eigenvalue weighted by atomic mass is 9.89. The Hall–Kier alpha value is -1.90. The molecule has 1 atom stereocenters. The first-order valence-electron chi connectivity index (χ1n) is 7.78. The van der Waals surface area contributed by atoms with Gasteiger partial charge in [0.25, 0.3) is 0 Å². The maximum atomic E-state index is 12.7. The highest BCUT2D eigenvalue weighted by Crippen LogP contribution is 2.49. The monoisotopic (exact) mass is 282 g/mol. The number of nitrogens with zero attached hydrogens (tertiary/aromatic N) is 2. The summed E-state index contributed by atoms with van der Waals surface area (Å²) in [5.41, 5.74) is 1.82. The van der Waals surface area contributed by atoms with Crippen LogP contribution < -0.4 is 0 Å². The van der Waals surface area contributed by atoms with Crippen LogP contribution in [0.3, 0.4) is 0 Å². The van der Waals surface area contributed by atoms with Gasteiger partial charge in [0.1, 0.15) is 5.78 Å². The summed E-state index contributed by atoms with van der Waals surface area (Å²) in [6.07, 6.45) is 5.42. The van der Waals surface area contributed by atoms with Crippen molar-refractivity contribution in [1.82, 2.24) is 9.78 Å². The van der Waals surface area contributed by atoms with E-state index in [1.165, 1.54) is 0 Å². The highest BCUT2D eigenvalue weighted by Gasteiger charge is 2.50. The van der Waals surface area contributed by atoms with Gasteiger partial charge < -0.3 is 0 Å². The Morgan fingerprint density at radius 2 is 2.00 bits per heavy atom. The van der Waals surface area contributed by atoms with E-state index in [-0.39, 0.29) is 5.41 Å². The van der Waals surface area contributed by atoms with Gasteiger partial charge in [-0.15, -0.1) is 0 Å². The number of Topliss-reactive ketones (excluding diaryl/α,β-unsaturated/α-hetero) is 1. The molecule has 0 aliphatic heterocycles. The van der Waals surface area contributed by atoms with Gasteiger partial charge in [0.15, 0.2) is 0 Å². The second-order valence-electron chi connectivity index (χ2n) is 6.09. The summed E-state index contributed by atoms with van der Waals surface area (Å²) < 4.78 is 1.96. The quantitative estimate of drug-likeness (QED) is 0.809. The number of ketones is 1. The molecule has 1 aromatic heterocycles. The van der Waals surface area contributed by atoms with Crippen LogP contribution in [-0.4, -0.2) is 15.6 Å². The van der Waals surface area contributed by atoms with Gasteiger partial charge in [-0.25, -0.2) is 0 Å². The zero-order valence-corrected chi connectivity index (χ0v) is 12.7. The van der Waals surface area contributed by atoms with E-state index in [4.69, 9.17) is 0 Å². The van der Waals surface area contributed by atoms with Crippen LogP contribution in [0.4, 0.5) is 0 Å². The standard InChI is InChI=1S/C18H22N2O/c1-3-14(2)20-12-9-16(19-20)13-17(21)18(10-11-18)15-7-5-4-6-8-15/h4-9,12,14H,3,10-11,13H2,1-2H3. The number of carbonyl (C=O) groups is 1. The lowest BCUT2D eigenvalue weighted by molar-refractivity contribution is -0.120. The fourth-order valence-electron chi connectivity index (χ4n) is 2.85. The van der Waals surface area contributed by atoms with Crippen LogP contribution in [0.25, 0.3) is 0 Å². The molecule has 3 heteroatoms. The molecule has 1 saturated carbocycles. The summed E-state index contributed by atoms with van der Waals surface area (Å²) in [6.45, 7) is 4.29. The molecule has 110 valence electrons. The molecule has 0 radical (unpaired) electrons. The van der Waals surface area contributed by atoms with Crippen LogP contribution in [-0.2, 0) is 16.6 Å². The third-order valence-electron chi connectivity index (χ3n) is 4.66. The van der Waals surface area contributed by atoms with Crippen molar-refractivity contribution in [2.75, 3.05) is 0 Å². The van der Waals surface area contributed by atoms with Gasteiger partial charge in [-0.05, 0) is 37.8 Å². The summed E-state index contributed by atoms with van der Waals surface area (Å²) in [4.78, 5) is 12.7. The Balaban J connectivity index is 1.74. The molecule has 1 fully saturated rings. The van der Waals surface area contributed by atoms with Crippen molar-refractivity contribution >= 4 is 5.78 Å².